The van der Waals surface area contributed by atoms with Crippen LogP contribution in [0.2, 0.25) is 0 Å². The van der Waals surface area contributed by atoms with Gasteiger partial charge >= 0.3 is 5.97 Å². The Balaban J connectivity index is 2.14. The van der Waals surface area contributed by atoms with Gasteiger partial charge in [0.15, 0.2) is 5.82 Å². The molecule has 0 bridgehead atoms. The standard InChI is InChI=1S/C15H19N3O2/c1-15(2,3)12-6-4-11(5-7-12)14-16-10-18(17-14)9-8-13(19)20/h4-7,10H,8-9H2,1-3H3,(H,19,20). The summed E-state index contributed by atoms with van der Waals surface area (Å²) < 4.78 is 1.56. The van der Waals surface area contributed by atoms with Crippen molar-refractivity contribution >= 4 is 5.97 Å². The summed E-state index contributed by atoms with van der Waals surface area (Å²) in [7, 11) is 0. The quantitative estimate of drug-likeness (QED) is 0.930. The average Bonchev–Trinajstić information content (AvgIpc) is 2.84. The molecule has 0 aliphatic carbocycles. The van der Waals surface area contributed by atoms with Gasteiger partial charge in [-0.15, -0.1) is 0 Å². The molecule has 1 heterocycles. The van der Waals surface area contributed by atoms with Gasteiger partial charge < -0.3 is 5.11 Å². The van der Waals surface area contributed by atoms with Crippen LogP contribution in [0.4, 0.5) is 0 Å². The first-order chi connectivity index (χ1) is 9.36. The molecular formula is C15H19N3O2. The molecule has 0 aliphatic rings. The van der Waals surface area contributed by atoms with Crippen LogP contribution in [-0.2, 0) is 16.8 Å². The summed E-state index contributed by atoms with van der Waals surface area (Å²) in [5.41, 5.74) is 2.31. The number of carboxylic acid groups (broad SMARTS) is 1. The highest BCUT2D eigenvalue weighted by Crippen LogP contribution is 2.24. The number of rotatable bonds is 4. The maximum atomic E-state index is 10.5. The Morgan fingerprint density at radius 1 is 1.25 bits per heavy atom. The molecule has 0 spiro atoms. The molecule has 1 aromatic heterocycles. The SMILES string of the molecule is CC(C)(C)c1ccc(-c2ncn(CCC(=O)O)n2)cc1. The lowest BCUT2D eigenvalue weighted by Gasteiger charge is -2.18. The second-order valence-electron chi connectivity index (χ2n) is 5.80. The summed E-state index contributed by atoms with van der Waals surface area (Å²) >= 11 is 0. The highest BCUT2D eigenvalue weighted by molar-refractivity contribution is 5.66. The van der Waals surface area contributed by atoms with Crippen LogP contribution in [0.1, 0.15) is 32.8 Å². The van der Waals surface area contributed by atoms with Gasteiger partial charge in [0.2, 0.25) is 0 Å². The van der Waals surface area contributed by atoms with E-state index in [9.17, 15) is 4.79 Å². The van der Waals surface area contributed by atoms with Gasteiger partial charge in [0, 0.05) is 5.56 Å². The Bertz CT molecular complexity index is 594. The highest BCUT2D eigenvalue weighted by atomic mass is 16.4. The van der Waals surface area contributed by atoms with Crippen LogP contribution in [0.25, 0.3) is 11.4 Å². The van der Waals surface area contributed by atoms with Gasteiger partial charge in [-0.1, -0.05) is 45.0 Å². The molecular weight excluding hydrogens is 254 g/mol. The number of carbonyl (C=O) groups is 1. The van der Waals surface area contributed by atoms with Crippen molar-refractivity contribution < 1.29 is 9.90 Å². The van der Waals surface area contributed by atoms with Crippen molar-refractivity contribution in [3.8, 4) is 11.4 Å². The Morgan fingerprint density at radius 2 is 1.90 bits per heavy atom. The predicted molar refractivity (Wildman–Crippen MR) is 76.4 cm³/mol. The Labute approximate surface area is 118 Å². The second-order valence-corrected chi connectivity index (χ2v) is 5.80. The number of aliphatic carboxylic acids is 1. The summed E-state index contributed by atoms with van der Waals surface area (Å²) in [6, 6.07) is 8.15. The molecule has 5 nitrogen and oxygen atoms in total. The maximum absolute atomic E-state index is 10.5. The minimum atomic E-state index is -0.836. The maximum Gasteiger partial charge on any atom is 0.305 e. The van der Waals surface area contributed by atoms with Gasteiger partial charge in [0.05, 0.1) is 13.0 Å². The van der Waals surface area contributed by atoms with E-state index >= 15 is 0 Å². The summed E-state index contributed by atoms with van der Waals surface area (Å²) in [6.07, 6.45) is 1.61. The number of hydrogen-bond acceptors (Lipinski definition) is 3. The third-order valence-electron chi connectivity index (χ3n) is 3.10. The fraction of sp³-hybridized carbons (Fsp3) is 0.400. The fourth-order valence-corrected chi connectivity index (χ4v) is 1.86. The van der Waals surface area contributed by atoms with Gasteiger partial charge in [-0.25, -0.2) is 4.98 Å². The third kappa shape index (κ3) is 3.44. The van der Waals surface area contributed by atoms with Gasteiger partial charge in [-0.2, -0.15) is 5.10 Å². The summed E-state index contributed by atoms with van der Waals surface area (Å²) in [5, 5.41) is 12.9. The van der Waals surface area contributed by atoms with E-state index in [1.165, 1.54) is 5.56 Å². The van der Waals surface area contributed by atoms with E-state index in [2.05, 4.69) is 43.0 Å². The number of nitrogens with zero attached hydrogens (tertiary/aromatic N) is 3. The highest BCUT2D eigenvalue weighted by Gasteiger charge is 2.13. The molecule has 1 N–H and O–H groups in total. The van der Waals surface area contributed by atoms with Crippen LogP contribution in [-0.4, -0.2) is 25.8 Å². The van der Waals surface area contributed by atoms with Gasteiger partial charge in [-0.05, 0) is 11.0 Å². The zero-order valence-electron chi connectivity index (χ0n) is 12.0. The van der Waals surface area contributed by atoms with E-state index in [0.717, 1.165) is 5.56 Å². The zero-order valence-corrected chi connectivity index (χ0v) is 12.0. The molecule has 106 valence electrons. The van der Waals surface area contributed by atoms with E-state index < -0.39 is 5.97 Å². The average molecular weight is 273 g/mol. The van der Waals surface area contributed by atoms with E-state index in [0.29, 0.717) is 12.4 Å². The van der Waals surface area contributed by atoms with E-state index in [4.69, 9.17) is 5.11 Å². The minimum Gasteiger partial charge on any atom is -0.481 e. The molecule has 0 fully saturated rings. The zero-order chi connectivity index (χ0) is 14.8. The molecule has 1 aromatic carbocycles. The van der Waals surface area contributed by atoms with Crippen LogP contribution >= 0.6 is 0 Å². The first-order valence-corrected chi connectivity index (χ1v) is 6.58. The molecule has 2 aromatic rings. The molecule has 2 rings (SSSR count). The molecule has 20 heavy (non-hydrogen) atoms. The van der Waals surface area contributed by atoms with Gasteiger partial charge in [-0.3, -0.25) is 9.48 Å². The Kier molecular flexibility index (Phi) is 3.88. The lowest BCUT2D eigenvalue weighted by atomic mass is 9.87. The van der Waals surface area contributed by atoms with Crippen molar-refractivity contribution in [2.45, 2.75) is 39.2 Å². The van der Waals surface area contributed by atoms with E-state index in [-0.39, 0.29) is 11.8 Å². The number of benzene rings is 1. The first kappa shape index (κ1) is 14.2. The second kappa shape index (κ2) is 5.45. The fourth-order valence-electron chi connectivity index (χ4n) is 1.86. The number of aryl methyl sites for hydroxylation is 1. The summed E-state index contributed by atoms with van der Waals surface area (Å²) in [6.45, 7) is 6.84. The lowest BCUT2D eigenvalue weighted by molar-refractivity contribution is -0.137. The van der Waals surface area contributed by atoms with Crippen molar-refractivity contribution in [3.63, 3.8) is 0 Å². The number of carboxylic acids is 1. The van der Waals surface area contributed by atoms with E-state index in [1.807, 2.05) is 12.1 Å². The van der Waals surface area contributed by atoms with Crippen LogP contribution in [0.15, 0.2) is 30.6 Å². The van der Waals surface area contributed by atoms with Crippen LogP contribution in [0, 0.1) is 0 Å². The smallest absolute Gasteiger partial charge is 0.305 e. The van der Waals surface area contributed by atoms with Crippen LogP contribution < -0.4 is 0 Å². The van der Waals surface area contributed by atoms with Crippen molar-refractivity contribution in [1.82, 2.24) is 14.8 Å². The molecule has 0 atom stereocenters. The van der Waals surface area contributed by atoms with Crippen molar-refractivity contribution in [2.75, 3.05) is 0 Å². The summed E-state index contributed by atoms with van der Waals surface area (Å²) in [4.78, 5) is 14.7. The molecule has 0 radical (unpaired) electrons. The van der Waals surface area contributed by atoms with Crippen LogP contribution in [0.3, 0.4) is 0 Å². The normalized spacial score (nSPS) is 11.6. The van der Waals surface area contributed by atoms with Crippen molar-refractivity contribution in [1.29, 1.82) is 0 Å². The molecule has 5 heteroatoms. The van der Waals surface area contributed by atoms with Crippen molar-refractivity contribution in [2.24, 2.45) is 0 Å². The van der Waals surface area contributed by atoms with Gasteiger partial charge in [0.1, 0.15) is 6.33 Å². The third-order valence-corrected chi connectivity index (χ3v) is 3.10. The number of aromatic nitrogens is 3. The lowest BCUT2D eigenvalue weighted by Crippen LogP contribution is -2.10. The van der Waals surface area contributed by atoms with Crippen molar-refractivity contribution in [3.05, 3.63) is 36.2 Å². The molecule has 0 aliphatic heterocycles. The van der Waals surface area contributed by atoms with Crippen LogP contribution in [0.5, 0.6) is 0 Å². The minimum absolute atomic E-state index is 0.0474. The van der Waals surface area contributed by atoms with Gasteiger partial charge in [0.25, 0.3) is 0 Å². The predicted octanol–water partition coefficient (Wildman–Crippen LogP) is 2.72. The largest absolute Gasteiger partial charge is 0.481 e. The van der Waals surface area contributed by atoms with E-state index in [1.54, 1.807) is 11.0 Å². The molecule has 0 saturated carbocycles. The monoisotopic (exact) mass is 273 g/mol. The topological polar surface area (TPSA) is 68.0 Å². The molecule has 0 saturated heterocycles. The Morgan fingerprint density at radius 3 is 2.45 bits per heavy atom. The molecule has 0 amide bonds. The number of hydrogen-bond donors (Lipinski definition) is 1. The summed E-state index contributed by atoms with van der Waals surface area (Å²) in [5.74, 6) is -0.215. The first-order valence-electron chi connectivity index (χ1n) is 6.58. The Hall–Kier alpha value is -2.17. The molecule has 0 unspecified atom stereocenters.